The van der Waals surface area contributed by atoms with Crippen LogP contribution in [0.5, 0.6) is 0 Å². The summed E-state index contributed by atoms with van der Waals surface area (Å²) in [7, 11) is 0. The summed E-state index contributed by atoms with van der Waals surface area (Å²) in [5.74, 6) is -0.908. The molecule has 2 aromatic carbocycles. The van der Waals surface area contributed by atoms with Gasteiger partial charge in [0.05, 0.1) is 5.92 Å². The van der Waals surface area contributed by atoms with E-state index in [4.69, 9.17) is 23.2 Å². The van der Waals surface area contributed by atoms with Gasteiger partial charge in [0, 0.05) is 10.0 Å². The summed E-state index contributed by atoms with van der Waals surface area (Å²) in [5, 5.41) is 0.937. The van der Waals surface area contributed by atoms with E-state index in [1.54, 1.807) is 30.3 Å². The Morgan fingerprint density at radius 2 is 1.74 bits per heavy atom. The van der Waals surface area contributed by atoms with Crippen LogP contribution in [0.3, 0.4) is 0 Å². The van der Waals surface area contributed by atoms with Crippen LogP contribution in [-0.2, 0) is 4.79 Å². The topological polar surface area (TPSA) is 17.1 Å². The molecule has 0 spiro atoms. The Morgan fingerprint density at radius 3 is 2.26 bits per heavy atom. The zero-order chi connectivity index (χ0) is 14.0. The molecule has 4 heteroatoms. The van der Waals surface area contributed by atoms with Gasteiger partial charge in [0.15, 0.2) is 0 Å². The van der Waals surface area contributed by atoms with E-state index in [1.807, 2.05) is 0 Å². The summed E-state index contributed by atoms with van der Waals surface area (Å²) in [6.07, 6.45) is 0. The van der Waals surface area contributed by atoms with Crippen molar-refractivity contribution in [1.29, 1.82) is 0 Å². The molecule has 1 nitrogen and oxygen atoms in total. The molecule has 1 atom stereocenters. The molecule has 98 valence electrons. The minimum Gasteiger partial charge on any atom is -0.299 e. The third-order valence-corrected chi connectivity index (χ3v) is 3.45. The highest BCUT2D eigenvalue weighted by Crippen LogP contribution is 2.32. The molecule has 0 bridgehead atoms. The third-order valence-electron chi connectivity index (χ3n) is 2.88. The van der Waals surface area contributed by atoms with Crippen LogP contribution in [0.25, 0.3) is 0 Å². The van der Waals surface area contributed by atoms with Gasteiger partial charge in [0.2, 0.25) is 0 Å². The van der Waals surface area contributed by atoms with Gasteiger partial charge in [-0.05, 0) is 42.3 Å². The van der Waals surface area contributed by atoms with Gasteiger partial charge in [-0.3, -0.25) is 4.79 Å². The van der Waals surface area contributed by atoms with Crippen LogP contribution in [0.4, 0.5) is 4.39 Å². The average molecular weight is 297 g/mol. The van der Waals surface area contributed by atoms with Gasteiger partial charge in [-0.1, -0.05) is 41.4 Å². The van der Waals surface area contributed by atoms with Gasteiger partial charge in [-0.2, -0.15) is 0 Å². The second-order valence-electron chi connectivity index (χ2n) is 4.26. The summed E-state index contributed by atoms with van der Waals surface area (Å²) < 4.78 is 13.0. The molecule has 1 unspecified atom stereocenters. The highest BCUT2D eigenvalue weighted by molar-refractivity contribution is 6.35. The Labute approximate surface area is 121 Å². The van der Waals surface area contributed by atoms with E-state index in [0.29, 0.717) is 21.2 Å². The molecule has 0 heterocycles. The first kappa shape index (κ1) is 14.0. The van der Waals surface area contributed by atoms with E-state index < -0.39 is 5.92 Å². The van der Waals surface area contributed by atoms with Crippen LogP contribution in [0.15, 0.2) is 42.5 Å². The fourth-order valence-electron chi connectivity index (χ4n) is 2.02. The quantitative estimate of drug-likeness (QED) is 0.791. The smallest absolute Gasteiger partial charge is 0.141 e. The largest absolute Gasteiger partial charge is 0.299 e. The van der Waals surface area contributed by atoms with Crippen molar-refractivity contribution in [1.82, 2.24) is 0 Å². The van der Waals surface area contributed by atoms with Gasteiger partial charge < -0.3 is 0 Å². The maximum absolute atomic E-state index is 13.0. The summed E-state index contributed by atoms with van der Waals surface area (Å²) in [4.78, 5) is 11.9. The average Bonchev–Trinajstić information content (AvgIpc) is 2.34. The van der Waals surface area contributed by atoms with Crippen molar-refractivity contribution in [2.45, 2.75) is 12.8 Å². The van der Waals surface area contributed by atoms with Gasteiger partial charge >= 0.3 is 0 Å². The van der Waals surface area contributed by atoms with Crippen molar-refractivity contribution in [3.8, 4) is 0 Å². The van der Waals surface area contributed by atoms with Crippen LogP contribution in [0.2, 0.25) is 10.0 Å². The van der Waals surface area contributed by atoms with E-state index in [-0.39, 0.29) is 11.6 Å². The predicted molar refractivity (Wildman–Crippen MR) is 75.4 cm³/mol. The summed E-state index contributed by atoms with van der Waals surface area (Å²) in [6, 6.07) is 10.8. The molecule has 0 aliphatic heterocycles. The van der Waals surface area contributed by atoms with Crippen molar-refractivity contribution in [3.05, 3.63) is 69.5 Å². The van der Waals surface area contributed by atoms with Gasteiger partial charge in [0.25, 0.3) is 0 Å². The van der Waals surface area contributed by atoms with Crippen molar-refractivity contribution >= 4 is 29.0 Å². The number of hydrogen-bond acceptors (Lipinski definition) is 1. The highest BCUT2D eigenvalue weighted by atomic mass is 35.5. The minimum atomic E-state index is -0.509. The third kappa shape index (κ3) is 3.14. The molecule has 2 aromatic rings. The van der Waals surface area contributed by atoms with E-state index >= 15 is 0 Å². The van der Waals surface area contributed by atoms with Crippen LogP contribution < -0.4 is 0 Å². The predicted octanol–water partition coefficient (Wildman–Crippen LogP) is 4.85. The van der Waals surface area contributed by atoms with Crippen LogP contribution >= 0.6 is 23.2 Å². The first-order chi connectivity index (χ1) is 8.99. The Kier molecular flexibility index (Phi) is 4.23. The number of Topliss-reactive ketones (excluding diaryl/α,β-unsaturated/α-hetero) is 1. The highest BCUT2D eigenvalue weighted by Gasteiger charge is 2.21. The maximum Gasteiger partial charge on any atom is 0.141 e. The van der Waals surface area contributed by atoms with Crippen molar-refractivity contribution in [3.63, 3.8) is 0 Å². The lowest BCUT2D eigenvalue weighted by Gasteiger charge is -2.16. The zero-order valence-corrected chi connectivity index (χ0v) is 11.7. The normalized spacial score (nSPS) is 12.2. The number of benzene rings is 2. The Balaban J connectivity index is 2.51. The van der Waals surface area contributed by atoms with E-state index in [1.165, 1.54) is 19.1 Å². The Morgan fingerprint density at radius 1 is 1.11 bits per heavy atom. The second-order valence-corrected chi connectivity index (χ2v) is 5.10. The maximum atomic E-state index is 13.0. The standard InChI is InChI=1S/C15H11Cl2FO/c1-9(19)15(10-2-5-12(18)6-3-10)13-7-4-11(16)8-14(13)17/h2-8,15H,1H3. The van der Waals surface area contributed by atoms with Gasteiger partial charge in [-0.25, -0.2) is 4.39 Å². The molecule has 19 heavy (non-hydrogen) atoms. The molecular weight excluding hydrogens is 286 g/mol. The number of ketones is 1. The minimum absolute atomic E-state index is 0.0594. The van der Waals surface area contributed by atoms with Gasteiger partial charge in [-0.15, -0.1) is 0 Å². The molecule has 0 saturated carbocycles. The molecule has 0 radical (unpaired) electrons. The molecule has 0 aliphatic carbocycles. The molecule has 0 aromatic heterocycles. The molecule has 0 N–H and O–H groups in total. The fourth-order valence-corrected chi connectivity index (χ4v) is 2.54. The second kappa shape index (κ2) is 5.72. The van der Waals surface area contributed by atoms with E-state index in [0.717, 1.165) is 0 Å². The molecule has 0 saturated heterocycles. The first-order valence-electron chi connectivity index (χ1n) is 5.70. The lowest BCUT2D eigenvalue weighted by Crippen LogP contribution is -2.11. The summed E-state index contributed by atoms with van der Waals surface area (Å²) in [5.41, 5.74) is 1.38. The van der Waals surface area contributed by atoms with E-state index in [2.05, 4.69) is 0 Å². The van der Waals surface area contributed by atoms with Crippen molar-refractivity contribution < 1.29 is 9.18 Å². The molecule has 0 amide bonds. The summed E-state index contributed by atoms with van der Waals surface area (Å²) >= 11 is 12.0. The zero-order valence-electron chi connectivity index (χ0n) is 10.2. The number of halogens is 3. The lowest BCUT2D eigenvalue weighted by atomic mass is 9.88. The first-order valence-corrected chi connectivity index (χ1v) is 6.45. The number of carbonyl (C=O) groups excluding carboxylic acids is 1. The lowest BCUT2D eigenvalue weighted by molar-refractivity contribution is -0.117. The van der Waals surface area contributed by atoms with Crippen molar-refractivity contribution in [2.75, 3.05) is 0 Å². The number of carbonyl (C=O) groups is 1. The van der Waals surface area contributed by atoms with Gasteiger partial charge in [0.1, 0.15) is 11.6 Å². The number of rotatable bonds is 3. The molecular formula is C15H11Cl2FO. The monoisotopic (exact) mass is 296 g/mol. The number of hydrogen-bond donors (Lipinski definition) is 0. The molecule has 0 fully saturated rings. The van der Waals surface area contributed by atoms with Crippen LogP contribution in [0, 0.1) is 5.82 Å². The Hall–Kier alpha value is -1.38. The Bertz CT molecular complexity index is 608. The van der Waals surface area contributed by atoms with E-state index in [9.17, 15) is 9.18 Å². The fraction of sp³-hybridized carbons (Fsp3) is 0.133. The molecule has 0 aliphatic rings. The van der Waals surface area contributed by atoms with Crippen LogP contribution in [-0.4, -0.2) is 5.78 Å². The van der Waals surface area contributed by atoms with Crippen molar-refractivity contribution in [2.24, 2.45) is 0 Å². The summed E-state index contributed by atoms with van der Waals surface area (Å²) in [6.45, 7) is 1.49. The molecule has 2 rings (SSSR count). The van der Waals surface area contributed by atoms with Crippen LogP contribution in [0.1, 0.15) is 24.0 Å². The SMILES string of the molecule is CC(=O)C(c1ccc(F)cc1)c1ccc(Cl)cc1Cl.